The zero-order valence-electron chi connectivity index (χ0n) is 10.9. The van der Waals surface area contributed by atoms with E-state index in [9.17, 15) is 4.79 Å². The highest BCUT2D eigenvalue weighted by atomic mass is 32.1. The summed E-state index contributed by atoms with van der Waals surface area (Å²) in [5, 5.41) is 12.0. The number of hydrogen-bond donors (Lipinski definition) is 2. The van der Waals surface area contributed by atoms with Crippen LogP contribution in [-0.2, 0) is 11.3 Å². The van der Waals surface area contributed by atoms with Crippen molar-refractivity contribution in [3.8, 4) is 0 Å². The molecule has 1 aromatic carbocycles. The summed E-state index contributed by atoms with van der Waals surface area (Å²) in [6.45, 7) is 4.38. The van der Waals surface area contributed by atoms with E-state index in [0.29, 0.717) is 6.54 Å². The van der Waals surface area contributed by atoms with Crippen molar-refractivity contribution in [3.05, 3.63) is 35.3 Å². The van der Waals surface area contributed by atoms with Crippen LogP contribution < -0.4 is 10.6 Å². The topological polar surface area (TPSA) is 66.9 Å². The van der Waals surface area contributed by atoms with Crippen LogP contribution in [0, 0.1) is 5.92 Å². The first-order valence-corrected chi connectivity index (χ1v) is 6.89. The minimum absolute atomic E-state index is 0.0185. The predicted molar refractivity (Wildman–Crippen MR) is 77.1 cm³/mol. The average Bonchev–Trinajstić information content (AvgIpc) is 2.91. The van der Waals surface area contributed by atoms with Gasteiger partial charge in [0.2, 0.25) is 5.91 Å². The molecule has 0 aliphatic heterocycles. The van der Waals surface area contributed by atoms with Gasteiger partial charge in [0.25, 0.3) is 0 Å². The smallest absolute Gasteiger partial charge is 0.226 e. The van der Waals surface area contributed by atoms with Gasteiger partial charge in [0, 0.05) is 22.7 Å². The third-order valence-electron chi connectivity index (χ3n) is 2.56. The van der Waals surface area contributed by atoms with Crippen LogP contribution in [-0.4, -0.2) is 15.5 Å². The van der Waals surface area contributed by atoms with Crippen LogP contribution in [0.4, 0.5) is 11.4 Å². The first kappa shape index (κ1) is 13.5. The number of anilines is 2. The Hall–Kier alpha value is -1.95. The zero-order chi connectivity index (χ0) is 13.7. The Morgan fingerprint density at radius 1 is 1.26 bits per heavy atom. The minimum Gasteiger partial charge on any atom is -0.379 e. The molecular formula is C13H16N4OS. The fourth-order valence-corrected chi connectivity index (χ4v) is 1.86. The molecule has 0 radical (unpaired) electrons. The van der Waals surface area contributed by atoms with Crippen molar-refractivity contribution in [2.45, 2.75) is 20.4 Å². The van der Waals surface area contributed by atoms with E-state index < -0.39 is 0 Å². The third-order valence-corrected chi connectivity index (χ3v) is 3.11. The number of carbonyl (C=O) groups excluding carboxylic acids is 1. The van der Waals surface area contributed by atoms with E-state index in [1.54, 1.807) is 0 Å². The van der Waals surface area contributed by atoms with Crippen molar-refractivity contribution < 1.29 is 4.79 Å². The molecule has 6 heteroatoms. The minimum atomic E-state index is -0.0185. The lowest BCUT2D eigenvalue weighted by atomic mass is 10.2. The van der Waals surface area contributed by atoms with Gasteiger partial charge in [-0.1, -0.05) is 18.3 Å². The van der Waals surface area contributed by atoms with Crippen LogP contribution in [0.1, 0.15) is 19.5 Å². The van der Waals surface area contributed by atoms with E-state index >= 15 is 0 Å². The normalized spacial score (nSPS) is 10.5. The van der Waals surface area contributed by atoms with Crippen LogP contribution >= 0.6 is 11.5 Å². The Kier molecular flexibility index (Phi) is 4.46. The number of amides is 1. The average molecular weight is 276 g/mol. The Morgan fingerprint density at radius 3 is 2.53 bits per heavy atom. The van der Waals surface area contributed by atoms with Gasteiger partial charge >= 0.3 is 0 Å². The Bertz CT molecular complexity index is 522. The maximum absolute atomic E-state index is 11.5. The summed E-state index contributed by atoms with van der Waals surface area (Å²) in [6, 6.07) is 7.61. The largest absolute Gasteiger partial charge is 0.379 e. The highest BCUT2D eigenvalue weighted by Crippen LogP contribution is 2.15. The number of nitrogens with one attached hydrogen (secondary N) is 2. The third kappa shape index (κ3) is 4.03. The molecule has 19 heavy (non-hydrogen) atoms. The fourth-order valence-electron chi connectivity index (χ4n) is 1.41. The summed E-state index contributed by atoms with van der Waals surface area (Å²) >= 11 is 1.34. The molecule has 0 aliphatic rings. The number of rotatable bonds is 5. The first-order chi connectivity index (χ1) is 9.15. The van der Waals surface area contributed by atoms with Gasteiger partial charge in [0.1, 0.15) is 0 Å². The van der Waals surface area contributed by atoms with Gasteiger partial charge in [-0.3, -0.25) is 4.79 Å². The number of aromatic nitrogens is 2. The number of benzene rings is 1. The highest BCUT2D eigenvalue weighted by Gasteiger charge is 2.06. The number of hydrogen-bond acceptors (Lipinski definition) is 5. The SMILES string of the molecule is CC(C)C(=O)Nc1ccc(NCc2csnn2)cc1. The second kappa shape index (κ2) is 6.29. The Balaban J connectivity index is 1.89. The van der Waals surface area contributed by atoms with Gasteiger partial charge in [-0.25, -0.2) is 0 Å². The highest BCUT2D eigenvalue weighted by molar-refractivity contribution is 7.03. The molecular weight excluding hydrogens is 260 g/mol. The molecule has 1 amide bonds. The number of carbonyl (C=O) groups is 1. The second-order valence-electron chi connectivity index (χ2n) is 4.47. The van der Waals surface area contributed by atoms with E-state index in [1.165, 1.54) is 11.5 Å². The van der Waals surface area contributed by atoms with Gasteiger partial charge in [-0.15, -0.1) is 5.10 Å². The molecule has 0 spiro atoms. The summed E-state index contributed by atoms with van der Waals surface area (Å²) in [5.74, 6) is 0.00391. The molecule has 2 aromatic rings. The number of nitrogens with zero attached hydrogens (tertiary/aromatic N) is 2. The molecule has 0 aliphatic carbocycles. The maximum Gasteiger partial charge on any atom is 0.226 e. The first-order valence-electron chi connectivity index (χ1n) is 6.06. The quantitative estimate of drug-likeness (QED) is 0.881. The predicted octanol–water partition coefficient (Wildman–Crippen LogP) is 2.74. The fraction of sp³-hybridized carbons (Fsp3) is 0.308. The molecule has 0 atom stereocenters. The lowest BCUT2D eigenvalue weighted by Gasteiger charge is -2.09. The molecule has 0 fully saturated rings. The van der Waals surface area contributed by atoms with Crippen molar-refractivity contribution in [2.75, 3.05) is 10.6 Å². The van der Waals surface area contributed by atoms with Crippen LogP contribution in [0.15, 0.2) is 29.6 Å². The summed E-state index contributed by atoms with van der Waals surface area (Å²) < 4.78 is 3.80. The Morgan fingerprint density at radius 2 is 1.95 bits per heavy atom. The standard InChI is InChI=1S/C13H16N4OS/c1-9(2)13(18)15-11-5-3-10(4-6-11)14-7-12-8-19-17-16-12/h3-6,8-9,14H,7H2,1-2H3,(H,15,18). The van der Waals surface area contributed by atoms with E-state index in [4.69, 9.17) is 0 Å². The summed E-state index contributed by atoms with van der Waals surface area (Å²) in [6.07, 6.45) is 0. The van der Waals surface area contributed by atoms with E-state index in [2.05, 4.69) is 20.2 Å². The second-order valence-corrected chi connectivity index (χ2v) is 5.08. The van der Waals surface area contributed by atoms with Crippen LogP contribution in [0.5, 0.6) is 0 Å². The van der Waals surface area contributed by atoms with Crippen LogP contribution in [0.25, 0.3) is 0 Å². The van der Waals surface area contributed by atoms with Crippen molar-refractivity contribution in [1.29, 1.82) is 0 Å². The van der Waals surface area contributed by atoms with Gasteiger partial charge < -0.3 is 10.6 Å². The van der Waals surface area contributed by atoms with Gasteiger partial charge in [0.05, 0.1) is 12.2 Å². The van der Waals surface area contributed by atoms with Crippen molar-refractivity contribution in [3.63, 3.8) is 0 Å². The van der Waals surface area contributed by atoms with Crippen LogP contribution in [0.3, 0.4) is 0 Å². The maximum atomic E-state index is 11.5. The van der Waals surface area contributed by atoms with E-state index in [0.717, 1.165) is 17.1 Å². The summed E-state index contributed by atoms with van der Waals surface area (Å²) in [5.41, 5.74) is 2.71. The molecule has 0 saturated carbocycles. The van der Waals surface area contributed by atoms with Crippen molar-refractivity contribution in [2.24, 2.45) is 5.92 Å². The lowest BCUT2D eigenvalue weighted by Crippen LogP contribution is -2.17. The Labute approximate surface area is 116 Å². The summed E-state index contributed by atoms with van der Waals surface area (Å²) in [7, 11) is 0. The summed E-state index contributed by atoms with van der Waals surface area (Å²) in [4.78, 5) is 11.5. The molecule has 2 N–H and O–H groups in total. The molecule has 2 rings (SSSR count). The molecule has 0 saturated heterocycles. The lowest BCUT2D eigenvalue weighted by molar-refractivity contribution is -0.118. The van der Waals surface area contributed by atoms with E-state index in [-0.39, 0.29) is 11.8 Å². The van der Waals surface area contributed by atoms with Crippen molar-refractivity contribution in [1.82, 2.24) is 9.59 Å². The monoisotopic (exact) mass is 276 g/mol. The van der Waals surface area contributed by atoms with Crippen molar-refractivity contribution >= 4 is 28.8 Å². The molecule has 0 unspecified atom stereocenters. The molecule has 0 bridgehead atoms. The zero-order valence-corrected chi connectivity index (χ0v) is 11.7. The van der Waals surface area contributed by atoms with Gasteiger partial charge in [-0.05, 0) is 35.8 Å². The molecule has 1 aromatic heterocycles. The molecule has 5 nitrogen and oxygen atoms in total. The molecule has 1 heterocycles. The van der Waals surface area contributed by atoms with Gasteiger partial charge in [0.15, 0.2) is 0 Å². The van der Waals surface area contributed by atoms with E-state index in [1.807, 2.05) is 43.5 Å². The van der Waals surface area contributed by atoms with Gasteiger partial charge in [-0.2, -0.15) is 0 Å². The molecule has 100 valence electrons. The van der Waals surface area contributed by atoms with Crippen LogP contribution in [0.2, 0.25) is 0 Å².